The molecule has 1 amide bonds. The van der Waals surface area contributed by atoms with Crippen molar-refractivity contribution in [2.24, 2.45) is 0 Å². The third kappa shape index (κ3) is 2.64. The van der Waals surface area contributed by atoms with Gasteiger partial charge >= 0.3 is 5.97 Å². The number of carbonyl (C=O) groups excluding carboxylic acids is 2. The molecule has 1 N–H and O–H groups in total. The molecule has 1 aromatic heterocycles. The van der Waals surface area contributed by atoms with Crippen LogP contribution in [-0.2, 0) is 16.0 Å². The van der Waals surface area contributed by atoms with Crippen LogP contribution in [0.5, 0.6) is 0 Å². The van der Waals surface area contributed by atoms with Crippen molar-refractivity contribution in [1.29, 1.82) is 0 Å². The van der Waals surface area contributed by atoms with E-state index in [1.165, 1.54) is 0 Å². The number of cyclic esters (lactones) is 1. The van der Waals surface area contributed by atoms with Crippen molar-refractivity contribution in [2.45, 2.75) is 25.9 Å². The van der Waals surface area contributed by atoms with Crippen LogP contribution in [0, 0.1) is 6.92 Å². The number of anilines is 1. The zero-order valence-electron chi connectivity index (χ0n) is 12.0. The van der Waals surface area contributed by atoms with Crippen molar-refractivity contribution in [3.05, 3.63) is 45.6 Å². The molecule has 2 aromatic rings. The number of rotatable bonds is 2. The summed E-state index contributed by atoms with van der Waals surface area (Å²) in [6, 6.07) is 6.93. The molecule has 0 saturated carbocycles. The lowest BCUT2D eigenvalue weighted by Crippen LogP contribution is -2.49. The van der Waals surface area contributed by atoms with Gasteiger partial charge in [0, 0.05) is 17.0 Å². The number of halogens is 1. The first kappa shape index (κ1) is 14.8. The number of carbonyl (C=O) groups is 2. The largest absolute Gasteiger partial charge is 0.445 e. The monoisotopic (exact) mass is 364 g/mol. The molecule has 0 radical (unpaired) electrons. The first-order chi connectivity index (χ1) is 10.4. The van der Waals surface area contributed by atoms with Crippen molar-refractivity contribution in [2.75, 3.05) is 5.32 Å². The molecule has 6 nitrogen and oxygen atoms in total. The van der Waals surface area contributed by atoms with Gasteiger partial charge in [-0.3, -0.25) is 4.79 Å². The van der Waals surface area contributed by atoms with Crippen molar-refractivity contribution < 1.29 is 18.8 Å². The van der Waals surface area contributed by atoms with Crippen molar-refractivity contribution in [1.82, 2.24) is 5.16 Å². The van der Waals surface area contributed by atoms with Gasteiger partial charge in [0.2, 0.25) is 0 Å². The molecule has 0 unspecified atom stereocenters. The maximum atomic E-state index is 12.4. The van der Waals surface area contributed by atoms with Crippen LogP contribution in [0.1, 0.15) is 28.6 Å². The lowest BCUT2D eigenvalue weighted by Gasteiger charge is -2.32. The fourth-order valence-corrected chi connectivity index (χ4v) is 2.71. The summed E-state index contributed by atoms with van der Waals surface area (Å²) < 4.78 is 11.1. The number of amides is 1. The highest BCUT2D eigenvalue weighted by Crippen LogP contribution is 2.31. The number of nitrogens with one attached hydrogen (secondary N) is 1. The smallest absolute Gasteiger partial charge is 0.339 e. The molecular weight excluding hydrogens is 352 g/mol. The Bertz CT molecular complexity index is 771. The van der Waals surface area contributed by atoms with E-state index in [0.717, 1.165) is 10.0 Å². The SMILES string of the molecule is Cc1cc(NC(=O)[C@]2(C)Cc3ccc(Br)cc3C(=O)O2)no1. The quantitative estimate of drug-likeness (QED) is 0.828. The van der Waals surface area contributed by atoms with Crippen LogP contribution >= 0.6 is 15.9 Å². The highest BCUT2D eigenvalue weighted by Gasteiger charge is 2.43. The van der Waals surface area contributed by atoms with Gasteiger partial charge in [0.05, 0.1) is 5.56 Å². The van der Waals surface area contributed by atoms with E-state index >= 15 is 0 Å². The average Bonchev–Trinajstić information content (AvgIpc) is 2.85. The van der Waals surface area contributed by atoms with E-state index in [4.69, 9.17) is 9.26 Å². The molecule has 1 aliphatic heterocycles. The van der Waals surface area contributed by atoms with Gasteiger partial charge in [-0.25, -0.2) is 4.79 Å². The Labute approximate surface area is 134 Å². The Balaban J connectivity index is 1.86. The van der Waals surface area contributed by atoms with E-state index in [1.807, 2.05) is 12.1 Å². The van der Waals surface area contributed by atoms with E-state index in [2.05, 4.69) is 26.4 Å². The second-order valence-electron chi connectivity index (χ2n) is 5.38. The van der Waals surface area contributed by atoms with Crippen molar-refractivity contribution >= 4 is 33.6 Å². The van der Waals surface area contributed by atoms with Gasteiger partial charge in [-0.1, -0.05) is 27.2 Å². The second-order valence-corrected chi connectivity index (χ2v) is 6.29. The minimum atomic E-state index is -1.29. The molecular formula is C15H13BrN2O4. The molecule has 0 saturated heterocycles. The van der Waals surface area contributed by atoms with Gasteiger partial charge < -0.3 is 14.6 Å². The third-order valence-electron chi connectivity index (χ3n) is 3.49. The first-order valence-corrected chi connectivity index (χ1v) is 7.43. The molecule has 114 valence electrons. The molecule has 1 aliphatic rings. The van der Waals surface area contributed by atoms with Gasteiger partial charge in [0.1, 0.15) is 5.76 Å². The van der Waals surface area contributed by atoms with Gasteiger partial charge in [-0.2, -0.15) is 0 Å². The minimum Gasteiger partial charge on any atom is -0.445 e. The lowest BCUT2D eigenvalue weighted by atomic mass is 9.89. The van der Waals surface area contributed by atoms with Gasteiger partial charge in [-0.15, -0.1) is 0 Å². The number of benzene rings is 1. The Morgan fingerprint density at radius 1 is 1.41 bits per heavy atom. The van der Waals surface area contributed by atoms with Crippen LogP contribution in [0.3, 0.4) is 0 Å². The number of aryl methyl sites for hydroxylation is 1. The van der Waals surface area contributed by atoms with Crippen molar-refractivity contribution in [3.8, 4) is 0 Å². The number of esters is 1. The Hall–Kier alpha value is -2.15. The molecule has 0 aliphatic carbocycles. The van der Waals surface area contributed by atoms with E-state index in [9.17, 15) is 9.59 Å². The standard InChI is InChI=1S/C15H13BrN2O4/c1-8-5-12(18-22-8)17-14(20)15(2)7-9-3-4-10(16)6-11(9)13(19)21-15/h3-6H,7H2,1-2H3,(H,17,18,20)/t15-/m0/s1. The average molecular weight is 365 g/mol. The van der Waals surface area contributed by atoms with E-state index in [-0.39, 0.29) is 0 Å². The van der Waals surface area contributed by atoms with E-state index in [0.29, 0.717) is 23.6 Å². The second kappa shape index (κ2) is 5.24. The topological polar surface area (TPSA) is 81.4 Å². The van der Waals surface area contributed by atoms with Crippen LogP contribution in [-0.4, -0.2) is 22.6 Å². The Morgan fingerprint density at radius 2 is 2.18 bits per heavy atom. The summed E-state index contributed by atoms with van der Waals surface area (Å²) in [6.45, 7) is 3.30. The number of nitrogens with zero attached hydrogens (tertiary/aromatic N) is 1. The maximum Gasteiger partial charge on any atom is 0.339 e. The molecule has 0 spiro atoms. The number of ether oxygens (including phenoxy) is 1. The normalized spacial score (nSPS) is 20.2. The molecule has 1 atom stereocenters. The fraction of sp³-hybridized carbons (Fsp3) is 0.267. The summed E-state index contributed by atoms with van der Waals surface area (Å²) in [4.78, 5) is 24.6. The zero-order valence-corrected chi connectivity index (χ0v) is 13.6. The summed E-state index contributed by atoms with van der Waals surface area (Å²) in [6.07, 6.45) is 0.296. The van der Waals surface area contributed by atoms with E-state index < -0.39 is 17.5 Å². The number of aromatic nitrogens is 1. The highest BCUT2D eigenvalue weighted by molar-refractivity contribution is 9.10. The molecule has 7 heteroatoms. The Kier molecular flexibility index (Phi) is 3.52. The highest BCUT2D eigenvalue weighted by atomic mass is 79.9. The fourth-order valence-electron chi connectivity index (χ4n) is 2.35. The molecule has 3 rings (SSSR count). The molecule has 0 fully saturated rings. The lowest BCUT2D eigenvalue weighted by molar-refractivity contribution is -0.134. The summed E-state index contributed by atoms with van der Waals surface area (Å²) in [5.41, 5.74) is -0.0459. The minimum absolute atomic E-state index is 0.293. The van der Waals surface area contributed by atoms with Gasteiger partial charge in [-0.05, 0) is 31.5 Å². The van der Waals surface area contributed by atoms with Gasteiger partial charge in [0.15, 0.2) is 11.4 Å². The van der Waals surface area contributed by atoms with Crippen LogP contribution in [0.25, 0.3) is 0 Å². The molecule has 1 aromatic carbocycles. The van der Waals surface area contributed by atoms with Gasteiger partial charge in [0.25, 0.3) is 5.91 Å². The summed E-state index contributed by atoms with van der Waals surface area (Å²) >= 11 is 3.32. The van der Waals surface area contributed by atoms with Crippen LogP contribution in [0.2, 0.25) is 0 Å². The molecule has 22 heavy (non-hydrogen) atoms. The van der Waals surface area contributed by atoms with Crippen LogP contribution < -0.4 is 5.32 Å². The summed E-state index contributed by atoms with van der Waals surface area (Å²) in [7, 11) is 0. The molecule has 0 bridgehead atoms. The predicted molar refractivity (Wildman–Crippen MR) is 81.5 cm³/mol. The summed E-state index contributed by atoms with van der Waals surface area (Å²) in [5, 5.41) is 6.31. The molecule has 2 heterocycles. The number of hydrogen-bond donors (Lipinski definition) is 1. The third-order valence-corrected chi connectivity index (χ3v) is 3.98. The Morgan fingerprint density at radius 3 is 2.86 bits per heavy atom. The first-order valence-electron chi connectivity index (χ1n) is 6.64. The predicted octanol–water partition coefficient (Wildman–Crippen LogP) is 2.86. The maximum absolute atomic E-state index is 12.4. The number of fused-ring (bicyclic) bond motifs is 1. The van der Waals surface area contributed by atoms with Crippen LogP contribution in [0.4, 0.5) is 5.82 Å². The zero-order chi connectivity index (χ0) is 15.9. The number of hydrogen-bond acceptors (Lipinski definition) is 5. The van der Waals surface area contributed by atoms with Crippen molar-refractivity contribution in [3.63, 3.8) is 0 Å². The van der Waals surface area contributed by atoms with Crippen LogP contribution in [0.15, 0.2) is 33.3 Å². The summed E-state index contributed by atoms with van der Waals surface area (Å²) in [5.74, 6) is -0.0862. The van der Waals surface area contributed by atoms with E-state index in [1.54, 1.807) is 26.0 Å².